The van der Waals surface area contributed by atoms with Gasteiger partial charge in [0.25, 0.3) is 0 Å². The lowest BCUT2D eigenvalue weighted by Gasteiger charge is -2.15. The predicted octanol–water partition coefficient (Wildman–Crippen LogP) is 3.97. The fourth-order valence-corrected chi connectivity index (χ4v) is 3.59. The van der Waals surface area contributed by atoms with E-state index in [4.69, 9.17) is 0 Å². The molecule has 0 aliphatic carbocycles. The van der Waals surface area contributed by atoms with Crippen molar-refractivity contribution >= 4 is 34.4 Å². The van der Waals surface area contributed by atoms with E-state index in [1.807, 2.05) is 49.4 Å². The summed E-state index contributed by atoms with van der Waals surface area (Å²) in [6.07, 6.45) is 1.31. The molecule has 7 heteroatoms. The predicted molar refractivity (Wildman–Crippen MR) is 129 cm³/mol. The fraction of sp³-hybridized carbons (Fsp3) is 0.269. The highest BCUT2D eigenvalue weighted by Crippen LogP contribution is 2.21. The first kappa shape index (κ1) is 23.8. The lowest BCUT2D eigenvalue weighted by molar-refractivity contribution is -0.141. The number of carboxylic acid groups (broad SMARTS) is 1. The Morgan fingerprint density at radius 3 is 2.36 bits per heavy atom. The van der Waals surface area contributed by atoms with Crippen LogP contribution in [-0.4, -0.2) is 36.1 Å². The molecule has 4 N–H and O–H groups in total. The van der Waals surface area contributed by atoms with E-state index in [-0.39, 0.29) is 24.9 Å². The number of benzene rings is 3. The molecule has 0 heterocycles. The molecule has 7 nitrogen and oxygen atoms in total. The summed E-state index contributed by atoms with van der Waals surface area (Å²) in [4.78, 5) is 35.9. The molecule has 0 spiro atoms. The molecule has 0 aliphatic rings. The topological polar surface area (TPSA) is 108 Å². The summed E-state index contributed by atoms with van der Waals surface area (Å²) in [5.74, 6) is -1.92. The number of carboxylic acids is 1. The molecule has 172 valence electrons. The Morgan fingerprint density at radius 2 is 1.64 bits per heavy atom. The Bertz CT molecular complexity index is 1110. The zero-order valence-corrected chi connectivity index (χ0v) is 18.6. The van der Waals surface area contributed by atoms with Crippen LogP contribution in [0.3, 0.4) is 0 Å². The van der Waals surface area contributed by atoms with Crippen molar-refractivity contribution in [3.05, 3.63) is 77.9 Å². The third-order valence-electron chi connectivity index (χ3n) is 5.35. The number of aliphatic carboxylic acids is 1. The molecule has 3 aromatic rings. The van der Waals surface area contributed by atoms with Crippen LogP contribution in [0.25, 0.3) is 10.8 Å². The number of carbonyl (C=O) groups is 3. The van der Waals surface area contributed by atoms with E-state index < -0.39 is 11.9 Å². The largest absolute Gasteiger partial charge is 0.481 e. The number of amides is 3. The Balaban J connectivity index is 1.54. The number of fused-ring (bicyclic) bond motifs is 1. The summed E-state index contributed by atoms with van der Waals surface area (Å²) in [5.41, 5.74) is 2.35. The van der Waals surface area contributed by atoms with Gasteiger partial charge in [0, 0.05) is 18.8 Å². The van der Waals surface area contributed by atoms with Gasteiger partial charge in [0.2, 0.25) is 5.91 Å². The molecule has 0 saturated heterocycles. The first-order chi connectivity index (χ1) is 16.0. The van der Waals surface area contributed by atoms with Crippen LogP contribution in [0.5, 0.6) is 0 Å². The number of carbonyl (C=O) groups excluding carboxylic acids is 2. The molecule has 0 bridgehead atoms. The van der Waals surface area contributed by atoms with Gasteiger partial charge in [0.15, 0.2) is 0 Å². The molecule has 0 aliphatic heterocycles. The van der Waals surface area contributed by atoms with Gasteiger partial charge in [-0.15, -0.1) is 0 Å². The zero-order chi connectivity index (χ0) is 23.6. The number of hydrogen-bond donors (Lipinski definition) is 4. The maximum atomic E-state index is 12.4. The second-order valence-electron chi connectivity index (χ2n) is 7.94. The second kappa shape index (κ2) is 11.7. The van der Waals surface area contributed by atoms with Crippen molar-refractivity contribution in [1.29, 1.82) is 0 Å². The molecule has 3 rings (SSSR count). The smallest absolute Gasteiger partial charge is 0.319 e. The average molecular weight is 448 g/mol. The van der Waals surface area contributed by atoms with E-state index in [0.29, 0.717) is 18.7 Å². The third kappa shape index (κ3) is 7.07. The SMILES string of the molecule is CCCNC(=O)Nc1ccc(CC(=O)NCC(Cc2cccc3ccccc23)C(=O)O)cc1. The van der Waals surface area contributed by atoms with E-state index in [0.717, 1.165) is 28.3 Å². The van der Waals surface area contributed by atoms with Crippen molar-refractivity contribution in [3.8, 4) is 0 Å². The molecular formula is C26H29N3O4. The number of urea groups is 1. The highest BCUT2D eigenvalue weighted by atomic mass is 16.4. The van der Waals surface area contributed by atoms with Crippen LogP contribution in [-0.2, 0) is 22.4 Å². The van der Waals surface area contributed by atoms with Gasteiger partial charge in [-0.05, 0) is 46.9 Å². The molecule has 0 fully saturated rings. The molecule has 0 radical (unpaired) electrons. The van der Waals surface area contributed by atoms with Crippen LogP contribution in [0.2, 0.25) is 0 Å². The molecule has 1 atom stereocenters. The van der Waals surface area contributed by atoms with Crippen molar-refractivity contribution in [2.45, 2.75) is 26.2 Å². The Kier molecular flexibility index (Phi) is 8.41. The van der Waals surface area contributed by atoms with Crippen molar-refractivity contribution in [1.82, 2.24) is 10.6 Å². The monoisotopic (exact) mass is 447 g/mol. The highest BCUT2D eigenvalue weighted by Gasteiger charge is 2.20. The van der Waals surface area contributed by atoms with E-state index in [1.165, 1.54) is 0 Å². The molecule has 33 heavy (non-hydrogen) atoms. The third-order valence-corrected chi connectivity index (χ3v) is 5.35. The summed E-state index contributed by atoms with van der Waals surface area (Å²) in [6, 6.07) is 20.4. The van der Waals surface area contributed by atoms with Crippen molar-refractivity contribution in [2.24, 2.45) is 5.92 Å². The van der Waals surface area contributed by atoms with Gasteiger partial charge < -0.3 is 21.1 Å². The second-order valence-corrected chi connectivity index (χ2v) is 7.94. The molecule has 1 unspecified atom stereocenters. The summed E-state index contributed by atoms with van der Waals surface area (Å²) >= 11 is 0. The van der Waals surface area contributed by atoms with Crippen LogP contribution in [0.1, 0.15) is 24.5 Å². The van der Waals surface area contributed by atoms with Crippen LogP contribution >= 0.6 is 0 Å². The maximum absolute atomic E-state index is 12.4. The quantitative estimate of drug-likeness (QED) is 0.377. The van der Waals surface area contributed by atoms with Crippen LogP contribution in [0.15, 0.2) is 66.7 Å². The number of nitrogens with one attached hydrogen (secondary N) is 3. The number of rotatable bonds is 10. The minimum atomic E-state index is -0.944. The van der Waals surface area contributed by atoms with Crippen molar-refractivity contribution in [2.75, 3.05) is 18.4 Å². The summed E-state index contributed by atoms with van der Waals surface area (Å²) in [7, 11) is 0. The van der Waals surface area contributed by atoms with Gasteiger partial charge in [0.1, 0.15) is 0 Å². The summed E-state index contributed by atoms with van der Waals surface area (Å²) in [6.45, 7) is 2.62. The Morgan fingerprint density at radius 1 is 0.909 bits per heavy atom. The van der Waals surface area contributed by atoms with Gasteiger partial charge in [-0.3, -0.25) is 9.59 Å². The maximum Gasteiger partial charge on any atom is 0.319 e. The van der Waals surface area contributed by atoms with Gasteiger partial charge in [0.05, 0.1) is 12.3 Å². The molecular weight excluding hydrogens is 418 g/mol. The summed E-state index contributed by atoms with van der Waals surface area (Å²) in [5, 5.41) is 20.0. The highest BCUT2D eigenvalue weighted by molar-refractivity contribution is 5.89. The lowest BCUT2D eigenvalue weighted by atomic mass is 9.94. The lowest BCUT2D eigenvalue weighted by Crippen LogP contribution is -2.35. The molecule has 3 aromatic carbocycles. The molecule has 0 saturated carbocycles. The Labute approximate surface area is 193 Å². The van der Waals surface area contributed by atoms with E-state index in [2.05, 4.69) is 16.0 Å². The first-order valence-electron chi connectivity index (χ1n) is 11.1. The van der Waals surface area contributed by atoms with Crippen molar-refractivity contribution < 1.29 is 19.5 Å². The molecule has 3 amide bonds. The fourth-order valence-electron chi connectivity index (χ4n) is 3.59. The van der Waals surface area contributed by atoms with Gasteiger partial charge in [-0.25, -0.2) is 4.79 Å². The summed E-state index contributed by atoms with van der Waals surface area (Å²) < 4.78 is 0. The Hall–Kier alpha value is -3.87. The van der Waals surface area contributed by atoms with E-state index >= 15 is 0 Å². The first-order valence-corrected chi connectivity index (χ1v) is 11.1. The minimum Gasteiger partial charge on any atom is -0.481 e. The van der Waals surface area contributed by atoms with Gasteiger partial charge >= 0.3 is 12.0 Å². The minimum absolute atomic E-state index is 0.0502. The van der Waals surface area contributed by atoms with E-state index in [1.54, 1.807) is 24.3 Å². The zero-order valence-electron chi connectivity index (χ0n) is 18.6. The average Bonchev–Trinajstić information content (AvgIpc) is 2.81. The van der Waals surface area contributed by atoms with Gasteiger partial charge in [-0.1, -0.05) is 61.5 Å². The van der Waals surface area contributed by atoms with Crippen LogP contribution in [0, 0.1) is 5.92 Å². The molecule has 0 aromatic heterocycles. The van der Waals surface area contributed by atoms with Crippen LogP contribution in [0.4, 0.5) is 10.5 Å². The van der Waals surface area contributed by atoms with Gasteiger partial charge in [-0.2, -0.15) is 0 Å². The van der Waals surface area contributed by atoms with Crippen LogP contribution < -0.4 is 16.0 Å². The van der Waals surface area contributed by atoms with E-state index in [9.17, 15) is 19.5 Å². The standard InChI is InChI=1S/C26H29N3O4/c1-2-14-27-26(33)29-22-12-10-18(11-13-22)15-24(30)28-17-21(25(31)32)16-20-8-5-7-19-6-3-4-9-23(19)20/h3-13,21H,2,14-17H2,1H3,(H,28,30)(H,31,32)(H2,27,29,33). The number of hydrogen-bond acceptors (Lipinski definition) is 3. The normalized spacial score (nSPS) is 11.5. The number of anilines is 1. The van der Waals surface area contributed by atoms with Crippen molar-refractivity contribution in [3.63, 3.8) is 0 Å².